The molecule has 0 aromatic heterocycles. The van der Waals surface area contributed by atoms with Crippen molar-refractivity contribution in [1.29, 1.82) is 0 Å². The molecule has 3 heteroatoms. The van der Waals surface area contributed by atoms with Crippen LogP contribution in [0.3, 0.4) is 0 Å². The second kappa shape index (κ2) is 6.04. The van der Waals surface area contributed by atoms with Crippen LogP contribution in [0.1, 0.15) is 42.9 Å². The van der Waals surface area contributed by atoms with Gasteiger partial charge in [0.05, 0.1) is 18.8 Å². The number of aliphatic hydroxyl groups excluding tert-OH is 1. The van der Waals surface area contributed by atoms with Gasteiger partial charge in [-0.05, 0) is 30.4 Å². The summed E-state index contributed by atoms with van der Waals surface area (Å²) in [6.45, 7) is 1.24. The summed E-state index contributed by atoms with van der Waals surface area (Å²) in [5.74, 6) is 0. The quantitative estimate of drug-likeness (QED) is 0.808. The second-order valence-electron chi connectivity index (χ2n) is 5.88. The molecule has 3 rings (SSSR count). The average molecular weight is 262 g/mol. The van der Waals surface area contributed by atoms with Crippen molar-refractivity contribution < 1.29 is 15.2 Å². The molecule has 1 fully saturated rings. The first kappa shape index (κ1) is 13.1. The molecule has 3 nitrogen and oxygen atoms in total. The minimum atomic E-state index is -0.338. The number of benzene rings is 1. The summed E-state index contributed by atoms with van der Waals surface area (Å²) >= 11 is 0. The van der Waals surface area contributed by atoms with Gasteiger partial charge >= 0.3 is 0 Å². The lowest BCUT2D eigenvalue weighted by molar-refractivity contribution is -0.674. The van der Waals surface area contributed by atoms with Crippen molar-refractivity contribution >= 4 is 0 Å². The normalized spacial score (nSPS) is 23.9. The fraction of sp³-hybridized carbons (Fsp3) is 0.625. The Labute approximate surface area is 115 Å². The van der Waals surface area contributed by atoms with E-state index in [1.807, 2.05) is 0 Å². The largest absolute Gasteiger partial charge is 0.385 e. The molecule has 0 unspecified atom stereocenters. The van der Waals surface area contributed by atoms with Crippen LogP contribution in [0, 0.1) is 0 Å². The third-order valence-electron chi connectivity index (χ3n) is 4.17. The van der Waals surface area contributed by atoms with Crippen molar-refractivity contribution in [2.24, 2.45) is 0 Å². The molecular weight excluding hydrogens is 238 g/mol. The zero-order valence-electron chi connectivity index (χ0n) is 11.4. The summed E-state index contributed by atoms with van der Waals surface area (Å²) in [4.78, 5) is 0. The van der Waals surface area contributed by atoms with E-state index >= 15 is 0 Å². The molecule has 2 atom stereocenters. The van der Waals surface area contributed by atoms with Gasteiger partial charge in [-0.2, -0.15) is 0 Å². The van der Waals surface area contributed by atoms with Gasteiger partial charge < -0.3 is 15.2 Å². The van der Waals surface area contributed by atoms with Crippen LogP contribution in [-0.2, 0) is 11.2 Å². The molecule has 1 saturated carbocycles. The van der Waals surface area contributed by atoms with Gasteiger partial charge in [-0.1, -0.05) is 24.3 Å². The van der Waals surface area contributed by atoms with Gasteiger partial charge in [-0.15, -0.1) is 0 Å². The Morgan fingerprint density at radius 3 is 2.95 bits per heavy atom. The first-order valence-electron chi connectivity index (χ1n) is 7.53. The Bertz CT molecular complexity index is 417. The maximum atomic E-state index is 9.95. The van der Waals surface area contributed by atoms with Crippen molar-refractivity contribution in [3.05, 3.63) is 35.4 Å². The van der Waals surface area contributed by atoms with Crippen molar-refractivity contribution in [3.8, 4) is 0 Å². The molecule has 1 aromatic carbocycles. The molecule has 0 amide bonds. The van der Waals surface area contributed by atoms with E-state index in [1.165, 1.54) is 30.4 Å². The number of hydrogen-bond acceptors (Lipinski definition) is 2. The van der Waals surface area contributed by atoms with Crippen molar-refractivity contribution in [2.45, 2.75) is 50.4 Å². The van der Waals surface area contributed by atoms with Gasteiger partial charge in [0.15, 0.2) is 0 Å². The number of aliphatic hydroxyl groups is 1. The van der Waals surface area contributed by atoms with Crippen LogP contribution < -0.4 is 5.32 Å². The predicted molar refractivity (Wildman–Crippen MR) is 73.9 cm³/mol. The Morgan fingerprint density at radius 1 is 1.26 bits per heavy atom. The highest BCUT2D eigenvalue weighted by atomic mass is 16.5. The van der Waals surface area contributed by atoms with Crippen molar-refractivity contribution in [1.82, 2.24) is 0 Å². The molecule has 3 N–H and O–H groups in total. The third-order valence-corrected chi connectivity index (χ3v) is 4.17. The summed E-state index contributed by atoms with van der Waals surface area (Å²) < 4.78 is 5.95. The SMILES string of the molecule is O[C@H](C[NH2+]C1CC1)CO[C@@H]1CCCc2ccccc21. The Kier molecular flexibility index (Phi) is 4.16. The Balaban J connectivity index is 1.49. The standard InChI is InChI=1S/C16H23NO2/c18-14(10-17-13-8-9-13)11-19-16-7-3-5-12-4-1-2-6-15(12)16/h1-2,4,6,13-14,16-18H,3,5,7-11H2/p+1/t14-,16-/m1/s1. The van der Waals surface area contributed by atoms with Crippen LogP contribution in [0.15, 0.2) is 24.3 Å². The minimum absolute atomic E-state index is 0.181. The number of ether oxygens (including phenoxy) is 1. The molecule has 104 valence electrons. The molecule has 0 saturated heterocycles. The Hall–Kier alpha value is -0.900. The van der Waals surface area contributed by atoms with Crippen LogP contribution in [-0.4, -0.2) is 30.4 Å². The van der Waals surface area contributed by atoms with Crippen molar-refractivity contribution in [2.75, 3.05) is 13.2 Å². The molecule has 2 aliphatic carbocycles. The molecule has 0 spiro atoms. The lowest BCUT2D eigenvalue weighted by atomic mass is 9.89. The molecule has 19 heavy (non-hydrogen) atoms. The number of fused-ring (bicyclic) bond motifs is 1. The maximum absolute atomic E-state index is 9.95. The first-order chi connectivity index (χ1) is 9.33. The maximum Gasteiger partial charge on any atom is 0.126 e. The molecule has 0 bridgehead atoms. The van der Waals surface area contributed by atoms with Gasteiger partial charge in [-0.25, -0.2) is 0 Å². The van der Waals surface area contributed by atoms with Gasteiger partial charge in [0.1, 0.15) is 12.6 Å². The zero-order valence-corrected chi connectivity index (χ0v) is 11.4. The fourth-order valence-electron chi connectivity index (χ4n) is 2.86. The summed E-state index contributed by atoms with van der Waals surface area (Å²) in [5.41, 5.74) is 2.74. The van der Waals surface area contributed by atoms with Gasteiger partial charge in [0, 0.05) is 12.8 Å². The van der Waals surface area contributed by atoms with E-state index in [2.05, 4.69) is 29.6 Å². The molecule has 0 aliphatic heterocycles. The first-order valence-corrected chi connectivity index (χ1v) is 7.53. The van der Waals surface area contributed by atoms with E-state index in [4.69, 9.17) is 4.74 Å². The minimum Gasteiger partial charge on any atom is -0.385 e. The summed E-state index contributed by atoms with van der Waals surface area (Å²) in [5, 5.41) is 12.2. The number of aryl methyl sites for hydroxylation is 1. The summed E-state index contributed by atoms with van der Waals surface area (Å²) in [7, 11) is 0. The summed E-state index contributed by atoms with van der Waals surface area (Å²) in [6.07, 6.45) is 5.89. The highest BCUT2D eigenvalue weighted by Crippen LogP contribution is 2.32. The van der Waals surface area contributed by atoms with E-state index < -0.39 is 0 Å². The zero-order chi connectivity index (χ0) is 13.1. The van der Waals surface area contributed by atoms with Gasteiger partial charge in [0.2, 0.25) is 0 Å². The van der Waals surface area contributed by atoms with E-state index in [1.54, 1.807) is 0 Å². The molecule has 1 aromatic rings. The van der Waals surface area contributed by atoms with Crippen molar-refractivity contribution in [3.63, 3.8) is 0 Å². The highest BCUT2D eigenvalue weighted by molar-refractivity contribution is 5.31. The van der Waals surface area contributed by atoms with E-state index in [-0.39, 0.29) is 12.2 Å². The van der Waals surface area contributed by atoms with Crippen LogP contribution in [0.5, 0.6) is 0 Å². The fourth-order valence-corrected chi connectivity index (χ4v) is 2.86. The summed E-state index contributed by atoms with van der Waals surface area (Å²) in [6, 6.07) is 9.31. The van der Waals surface area contributed by atoms with Gasteiger partial charge in [0.25, 0.3) is 0 Å². The van der Waals surface area contributed by atoms with E-state index in [0.29, 0.717) is 6.61 Å². The van der Waals surface area contributed by atoms with Gasteiger partial charge in [-0.3, -0.25) is 0 Å². The van der Waals surface area contributed by atoms with E-state index in [0.717, 1.165) is 25.4 Å². The van der Waals surface area contributed by atoms with Crippen LogP contribution in [0.25, 0.3) is 0 Å². The topological polar surface area (TPSA) is 46.1 Å². The lowest BCUT2D eigenvalue weighted by Gasteiger charge is -2.26. The number of quaternary nitrogens is 1. The lowest BCUT2D eigenvalue weighted by Crippen LogP contribution is -2.88. The Morgan fingerprint density at radius 2 is 2.11 bits per heavy atom. The third kappa shape index (κ3) is 3.56. The van der Waals surface area contributed by atoms with Crippen LogP contribution in [0.4, 0.5) is 0 Å². The van der Waals surface area contributed by atoms with Crippen LogP contribution in [0.2, 0.25) is 0 Å². The molecule has 2 aliphatic rings. The average Bonchev–Trinajstić information content (AvgIpc) is 3.27. The predicted octanol–water partition coefficient (Wildman–Crippen LogP) is 1.17. The molecular formula is C16H24NO2+. The highest BCUT2D eigenvalue weighted by Gasteiger charge is 2.26. The number of hydrogen-bond donors (Lipinski definition) is 2. The van der Waals surface area contributed by atoms with E-state index in [9.17, 15) is 5.11 Å². The smallest absolute Gasteiger partial charge is 0.126 e. The molecule has 0 heterocycles. The monoisotopic (exact) mass is 262 g/mol. The number of rotatable bonds is 6. The second-order valence-corrected chi connectivity index (χ2v) is 5.88. The molecule has 0 radical (unpaired) electrons. The van der Waals surface area contributed by atoms with Crippen LogP contribution >= 0.6 is 0 Å². The number of nitrogens with two attached hydrogens (primary N) is 1.